The lowest BCUT2D eigenvalue weighted by molar-refractivity contribution is -0.137. The van der Waals surface area contributed by atoms with Crippen LogP contribution in [0.2, 0.25) is 5.02 Å². The van der Waals surface area contributed by atoms with E-state index in [-0.39, 0.29) is 28.3 Å². The zero-order valence-corrected chi connectivity index (χ0v) is 14.2. The maximum atomic E-state index is 13.4. The molecule has 2 N–H and O–H groups in total. The Bertz CT molecular complexity index is 666. The number of halogens is 4. The van der Waals surface area contributed by atoms with Gasteiger partial charge < -0.3 is 10.4 Å². The molecule has 1 aliphatic rings. The third kappa shape index (κ3) is 3.13. The molecule has 1 aromatic rings. The summed E-state index contributed by atoms with van der Waals surface area (Å²) >= 11 is 12.1. The summed E-state index contributed by atoms with van der Waals surface area (Å²) in [5.41, 5.74) is 0.331. The van der Waals surface area contributed by atoms with E-state index in [9.17, 15) is 14.0 Å². The molecule has 9 heteroatoms. The molecule has 21 heavy (non-hydrogen) atoms. The summed E-state index contributed by atoms with van der Waals surface area (Å²) in [6.07, 6.45) is 1.11. The molecule has 0 unspecified atom stereocenters. The van der Waals surface area contributed by atoms with Gasteiger partial charge in [0.05, 0.1) is 28.3 Å². The van der Waals surface area contributed by atoms with Gasteiger partial charge >= 0.3 is 0 Å². The highest BCUT2D eigenvalue weighted by molar-refractivity contribution is 9.11. The number of rotatable bonds is 4. The molecule has 0 bridgehead atoms. The van der Waals surface area contributed by atoms with Gasteiger partial charge in [-0.25, -0.2) is 4.39 Å². The van der Waals surface area contributed by atoms with Crippen LogP contribution in [-0.2, 0) is 9.59 Å². The largest absolute Gasteiger partial charge is 0.395 e. The number of aliphatic hydroxyl groups is 1. The predicted molar refractivity (Wildman–Crippen MR) is 82.3 cm³/mol. The van der Waals surface area contributed by atoms with Crippen molar-refractivity contribution in [2.75, 3.05) is 18.5 Å². The summed E-state index contributed by atoms with van der Waals surface area (Å²) in [5, 5.41) is 11.4. The summed E-state index contributed by atoms with van der Waals surface area (Å²) in [6.45, 7) is -0.416. The molecule has 0 fully saturated rings. The van der Waals surface area contributed by atoms with Gasteiger partial charge in [0.1, 0.15) is 11.5 Å². The van der Waals surface area contributed by atoms with Crippen molar-refractivity contribution >= 4 is 61.0 Å². The zero-order valence-electron chi connectivity index (χ0n) is 10.3. The average Bonchev–Trinajstić information content (AvgIpc) is 2.69. The average molecular weight is 442 g/mol. The zero-order chi connectivity index (χ0) is 15.7. The van der Waals surface area contributed by atoms with Crippen LogP contribution in [-0.4, -0.2) is 35.0 Å². The van der Waals surface area contributed by atoms with Crippen molar-refractivity contribution in [1.29, 1.82) is 0 Å². The van der Waals surface area contributed by atoms with Crippen LogP contribution in [0.4, 0.5) is 10.1 Å². The molecule has 0 saturated heterocycles. The van der Waals surface area contributed by atoms with Crippen LogP contribution in [0, 0.1) is 5.82 Å². The number of anilines is 1. The van der Waals surface area contributed by atoms with Crippen molar-refractivity contribution in [1.82, 2.24) is 4.90 Å². The van der Waals surface area contributed by atoms with E-state index in [1.54, 1.807) is 0 Å². The molecule has 1 heterocycles. The highest BCUT2D eigenvalue weighted by Crippen LogP contribution is 2.39. The first kappa shape index (κ1) is 16.4. The van der Waals surface area contributed by atoms with E-state index in [0.29, 0.717) is 10.2 Å². The maximum Gasteiger partial charge on any atom is 0.277 e. The lowest BCUT2D eigenvalue weighted by Crippen LogP contribution is -2.34. The minimum atomic E-state index is -0.634. The fraction of sp³-hybridized carbons (Fsp3) is 0.167. The van der Waals surface area contributed by atoms with E-state index in [2.05, 4.69) is 37.2 Å². The summed E-state index contributed by atoms with van der Waals surface area (Å²) in [5.74, 6) is -1.74. The molecule has 112 valence electrons. The maximum absolute atomic E-state index is 13.4. The Hall–Kier alpha value is -0.960. The van der Waals surface area contributed by atoms with Crippen molar-refractivity contribution in [3.63, 3.8) is 0 Å². The number of imide groups is 1. The van der Waals surface area contributed by atoms with Gasteiger partial charge in [0, 0.05) is 10.5 Å². The van der Waals surface area contributed by atoms with Gasteiger partial charge in [-0.2, -0.15) is 0 Å². The summed E-state index contributed by atoms with van der Waals surface area (Å²) in [4.78, 5) is 24.5. The Morgan fingerprint density at radius 1 is 1.38 bits per heavy atom. The number of carbonyl (C=O) groups is 2. The number of carbonyl (C=O) groups excluding carboxylic acids is 2. The molecule has 0 atom stereocenters. The van der Waals surface area contributed by atoms with E-state index in [1.807, 2.05) is 0 Å². The molecular weight excluding hydrogens is 434 g/mol. The van der Waals surface area contributed by atoms with Crippen molar-refractivity contribution in [3.05, 3.63) is 37.6 Å². The summed E-state index contributed by atoms with van der Waals surface area (Å²) < 4.78 is 14.0. The molecule has 2 rings (SSSR count). The number of nitrogens with one attached hydrogen (secondary N) is 1. The quantitative estimate of drug-likeness (QED) is 0.427. The van der Waals surface area contributed by atoms with Crippen LogP contribution >= 0.6 is 43.5 Å². The number of β-amino-alcohol motifs (C(OH)–C–C–N with tert-alkyl or cyclic N) is 1. The minimum Gasteiger partial charge on any atom is -0.395 e. The molecule has 1 aliphatic heterocycles. The van der Waals surface area contributed by atoms with Gasteiger partial charge in [-0.05, 0) is 37.9 Å². The number of hydrogen-bond donors (Lipinski definition) is 2. The molecular formula is C12H8Br2ClFN2O3. The normalized spacial score (nSPS) is 14.7. The molecule has 2 amide bonds. The molecule has 1 aromatic carbocycles. The Kier molecular flexibility index (Phi) is 5.03. The van der Waals surface area contributed by atoms with Crippen LogP contribution in [0.25, 0.3) is 0 Å². The van der Waals surface area contributed by atoms with Crippen molar-refractivity contribution in [2.45, 2.75) is 0 Å². The number of hydrogen-bond acceptors (Lipinski definition) is 4. The second kappa shape index (κ2) is 6.43. The standard InChI is InChI=1S/C12H8Br2ClFN2O3/c13-5-3-6(16)10(15)9(14)11(5)17-7-4-8(20)18(1-2-19)12(7)21/h3-4,17,19H,1-2H2. The highest BCUT2D eigenvalue weighted by Gasteiger charge is 2.31. The van der Waals surface area contributed by atoms with Crippen molar-refractivity contribution in [2.24, 2.45) is 0 Å². The Labute approximate surface area is 141 Å². The fourth-order valence-electron chi connectivity index (χ4n) is 1.73. The van der Waals surface area contributed by atoms with E-state index in [4.69, 9.17) is 16.7 Å². The van der Waals surface area contributed by atoms with Crippen LogP contribution < -0.4 is 5.32 Å². The molecule has 0 spiro atoms. The lowest BCUT2D eigenvalue weighted by atomic mass is 10.3. The van der Waals surface area contributed by atoms with Gasteiger partial charge in [0.25, 0.3) is 11.8 Å². The van der Waals surface area contributed by atoms with Crippen LogP contribution in [0.15, 0.2) is 26.8 Å². The summed E-state index contributed by atoms with van der Waals surface area (Å²) in [7, 11) is 0. The third-order valence-electron chi connectivity index (χ3n) is 2.71. The van der Waals surface area contributed by atoms with E-state index >= 15 is 0 Å². The molecule has 5 nitrogen and oxygen atoms in total. The number of nitrogens with zero attached hydrogens (tertiary/aromatic N) is 1. The van der Waals surface area contributed by atoms with Crippen LogP contribution in [0.5, 0.6) is 0 Å². The van der Waals surface area contributed by atoms with Gasteiger partial charge in [-0.3, -0.25) is 14.5 Å². The van der Waals surface area contributed by atoms with E-state index in [0.717, 1.165) is 17.0 Å². The second-order valence-corrected chi connectivity index (χ2v) is 6.07. The first-order valence-corrected chi connectivity index (χ1v) is 7.61. The molecule has 0 aromatic heterocycles. The Morgan fingerprint density at radius 3 is 2.67 bits per heavy atom. The Balaban J connectivity index is 2.32. The van der Waals surface area contributed by atoms with Gasteiger partial charge in [0.15, 0.2) is 0 Å². The van der Waals surface area contributed by atoms with Crippen molar-refractivity contribution in [3.8, 4) is 0 Å². The number of benzene rings is 1. The smallest absolute Gasteiger partial charge is 0.277 e. The number of amides is 2. The monoisotopic (exact) mass is 440 g/mol. The van der Waals surface area contributed by atoms with Crippen LogP contribution in [0.3, 0.4) is 0 Å². The first-order valence-electron chi connectivity index (χ1n) is 5.65. The minimum absolute atomic E-state index is 0.0116. The molecule has 0 radical (unpaired) electrons. The van der Waals surface area contributed by atoms with Gasteiger partial charge in [-0.15, -0.1) is 0 Å². The third-order valence-corrected chi connectivity index (χ3v) is 4.72. The topological polar surface area (TPSA) is 69.6 Å². The summed E-state index contributed by atoms with van der Waals surface area (Å²) in [6, 6.07) is 1.14. The lowest BCUT2D eigenvalue weighted by Gasteiger charge is -2.15. The Morgan fingerprint density at radius 2 is 2.05 bits per heavy atom. The molecule has 0 aliphatic carbocycles. The van der Waals surface area contributed by atoms with E-state index in [1.165, 1.54) is 0 Å². The highest BCUT2D eigenvalue weighted by atomic mass is 79.9. The van der Waals surface area contributed by atoms with Gasteiger partial charge in [0.2, 0.25) is 0 Å². The molecule has 0 saturated carbocycles. The first-order chi connectivity index (χ1) is 9.86. The van der Waals surface area contributed by atoms with Gasteiger partial charge in [-0.1, -0.05) is 11.6 Å². The van der Waals surface area contributed by atoms with Crippen LogP contribution in [0.1, 0.15) is 0 Å². The SMILES string of the molecule is O=C1C=C(Nc2c(Br)cc(F)c(Cl)c2Br)C(=O)N1CCO. The number of aliphatic hydroxyl groups excluding tert-OH is 1. The predicted octanol–water partition coefficient (Wildman–Crippen LogP) is 2.66. The second-order valence-electron chi connectivity index (χ2n) is 4.04. The van der Waals surface area contributed by atoms with Crippen molar-refractivity contribution < 1.29 is 19.1 Å². The fourth-order valence-corrected chi connectivity index (χ4v) is 3.14. The van der Waals surface area contributed by atoms with E-state index < -0.39 is 17.6 Å².